The van der Waals surface area contributed by atoms with Gasteiger partial charge in [0.25, 0.3) is 11.8 Å². The Kier molecular flexibility index (Phi) is 5.69. The maximum atomic E-state index is 12.4. The molecule has 3 rings (SSSR count). The number of benzene rings is 1. The molecular weight excluding hydrogens is 346 g/mol. The van der Waals surface area contributed by atoms with Gasteiger partial charge in [-0.25, -0.2) is 4.98 Å². The Morgan fingerprint density at radius 1 is 1.19 bits per heavy atom. The van der Waals surface area contributed by atoms with Crippen LogP contribution in [0.15, 0.2) is 36.8 Å². The highest BCUT2D eigenvalue weighted by Gasteiger charge is 2.34. The van der Waals surface area contributed by atoms with Crippen molar-refractivity contribution in [2.75, 3.05) is 6.54 Å². The number of carbonyl (C=O) groups is 3. The number of ether oxygens (including phenoxy) is 1. The number of esters is 1. The second kappa shape index (κ2) is 8.16. The molecule has 1 unspecified atom stereocenters. The third-order valence-electron chi connectivity index (χ3n) is 4.64. The summed E-state index contributed by atoms with van der Waals surface area (Å²) >= 11 is 0. The maximum absolute atomic E-state index is 12.4. The number of nitrogens with zero attached hydrogens (tertiary/aromatic N) is 3. The molecule has 1 aromatic heterocycles. The maximum Gasteiger partial charge on any atom is 0.310 e. The smallest absolute Gasteiger partial charge is 0.310 e. The van der Waals surface area contributed by atoms with Gasteiger partial charge in [-0.1, -0.05) is 32.4 Å². The lowest BCUT2D eigenvalue weighted by molar-refractivity contribution is -0.152. The lowest BCUT2D eigenvalue weighted by atomic mass is 10.1. The summed E-state index contributed by atoms with van der Waals surface area (Å²) < 4.78 is 6.95. The summed E-state index contributed by atoms with van der Waals surface area (Å²) in [6.07, 6.45) is 5.52. The molecule has 1 aromatic carbocycles. The van der Waals surface area contributed by atoms with Gasteiger partial charge >= 0.3 is 5.97 Å². The Labute approximate surface area is 157 Å². The van der Waals surface area contributed by atoms with Crippen LogP contribution in [-0.2, 0) is 22.7 Å². The van der Waals surface area contributed by atoms with Crippen LogP contribution in [0.5, 0.6) is 0 Å². The number of imide groups is 1. The first-order chi connectivity index (χ1) is 13.0. The van der Waals surface area contributed by atoms with Gasteiger partial charge in [0.1, 0.15) is 0 Å². The fourth-order valence-corrected chi connectivity index (χ4v) is 3.11. The van der Waals surface area contributed by atoms with Crippen molar-refractivity contribution >= 4 is 17.8 Å². The molecule has 1 aliphatic rings. The van der Waals surface area contributed by atoms with Gasteiger partial charge in [-0.15, -0.1) is 0 Å². The molecule has 0 spiro atoms. The van der Waals surface area contributed by atoms with E-state index in [1.807, 2.05) is 13.8 Å². The molecule has 1 atom stereocenters. The van der Waals surface area contributed by atoms with E-state index in [-0.39, 0.29) is 37.0 Å². The number of rotatable bonds is 8. The van der Waals surface area contributed by atoms with Gasteiger partial charge in [0.2, 0.25) is 0 Å². The molecule has 0 saturated heterocycles. The molecule has 0 bridgehead atoms. The molecular formula is C20H23N3O4. The Bertz CT molecular complexity index is 823. The van der Waals surface area contributed by atoms with Crippen molar-refractivity contribution in [2.24, 2.45) is 5.92 Å². The van der Waals surface area contributed by atoms with Crippen molar-refractivity contribution in [3.63, 3.8) is 0 Å². The lowest BCUT2D eigenvalue weighted by Gasteiger charge is -2.12. The summed E-state index contributed by atoms with van der Waals surface area (Å²) in [5.74, 6) is -0.882. The van der Waals surface area contributed by atoms with E-state index >= 15 is 0 Å². The SMILES string of the molecule is CCCC(C)C(=O)OCn1cnc(CCN2C(=O)c3ccccc3C2=O)c1. The van der Waals surface area contributed by atoms with E-state index in [0.29, 0.717) is 17.5 Å². The van der Waals surface area contributed by atoms with Crippen LogP contribution in [0.3, 0.4) is 0 Å². The molecule has 0 saturated carbocycles. The molecule has 1 aliphatic heterocycles. The zero-order valence-corrected chi connectivity index (χ0v) is 15.6. The molecule has 2 amide bonds. The Balaban J connectivity index is 1.53. The minimum absolute atomic E-state index is 0.104. The Hall–Kier alpha value is -2.96. The summed E-state index contributed by atoms with van der Waals surface area (Å²) in [5, 5.41) is 0. The molecule has 2 heterocycles. The zero-order chi connectivity index (χ0) is 19.4. The molecule has 0 fully saturated rings. The van der Waals surface area contributed by atoms with Crippen molar-refractivity contribution in [2.45, 2.75) is 39.8 Å². The van der Waals surface area contributed by atoms with Crippen molar-refractivity contribution in [3.05, 3.63) is 53.6 Å². The number of hydrogen-bond acceptors (Lipinski definition) is 5. The zero-order valence-electron chi connectivity index (χ0n) is 15.6. The largest absolute Gasteiger partial charge is 0.444 e. The number of imidazole rings is 1. The van der Waals surface area contributed by atoms with Crippen LogP contribution in [-0.4, -0.2) is 38.8 Å². The van der Waals surface area contributed by atoms with Gasteiger partial charge in [0, 0.05) is 19.2 Å². The normalized spacial score (nSPS) is 14.4. The van der Waals surface area contributed by atoms with Crippen LogP contribution in [0.4, 0.5) is 0 Å². The van der Waals surface area contributed by atoms with E-state index in [1.165, 1.54) is 4.90 Å². The average Bonchev–Trinajstić information content (AvgIpc) is 3.22. The van der Waals surface area contributed by atoms with E-state index in [9.17, 15) is 14.4 Å². The monoisotopic (exact) mass is 369 g/mol. The molecule has 142 valence electrons. The van der Waals surface area contributed by atoms with Crippen molar-refractivity contribution in [1.29, 1.82) is 0 Å². The van der Waals surface area contributed by atoms with Crippen LogP contribution in [0.2, 0.25) is 0 Å². The Morgan fingerprint density at radius 2 is 1.85 bits per heavy atom. The number of hydrogen-bond donors (Lipinski definition) is 0. The standard InChI is InChI=1S/C20H23N3O4/c1-3-6-14(2)20(26)27-13-22-11-15(21-12-22)9-10-23-18(24)16-7-4-5-8-17(16)19(23)25/h4-5,7-8,11-12,14H,3,6,9-10,13H2,1-2H3. The predicted molar refractivity (Wildman–Crippen MR) is 97.9 cm³/mol. The van der Waals surface area contributed by atoms with Gasteiger partial charge in [-0.3, -0.25) is 19.3 Å². The third-order valence-corrected chi connectivity index (χ3v) is 4.64. The van der Waals surface area contributed by atoms with Crippen LogP contribution in [0, 0.1) is 5.92 Å². The van der Waals surface area contributed by atoms with E-state index in [2.05, 4.69) is 4.98 Å². The van der Waals surface area contributed by atoms with E-state index in [1.54, 1.807) is 41.4 Å². The highest BCUT2D eigenvalue weighted by Crippen LogP contribution is 2.22. The first kappa shape index (κ1) is 18.8. The van der Waals surface area contributed by atoms with Gasteiger partial charge in [-0.2, -0.15) is 0 Å². The highest BCUT2D eigenvalue weighted by atomic mass is 16.5. The van der Waals surface area contributed by atoms with Crippen LogP contribution in [0.25, 0.3) is 0 Å². The first-order valence-corrected chi connectivity index (χ1v) is 9.13. The minimum Gasteiger partial charge on any atom is -0.444 e. The van der Waals surface area contributed by atoms with Crippen LogP contribution < -0.4 is 0 Å². The molecule has 7 nitrogen and oxygen atoms in total. The average molecular weight is 369 g/mol. The first-order valence-electron chi connectivity index (χ1n) is 9.13. The van der Waals surface area contributed by atoms with Crippen LogP contribution in [0.1, 0.15) is 53.1 Å². The summed E-state index contributed by atoms with van der Waals surface area (Å²) in [5.41, 5.74) is 1.62. The van der Waals surface area contributed by atoms with Gasteiger partial charge in [-0.05, 0) is 18.6 Å². The van der Waals surface area contributed by atoms with Crippen molar-refractivity contribution in [1.82, 2.24) is 14.5 Å². The number of aromatic nitrogens is 2. The van der Waals surface area contributed by atoms with Gasteiger partial charge < -0.3 is 9.30 Å². The number of fused-ring (bicyclic) bond motifs is 1. The quantitative estimate of drug-likeness (QED) is 0.528. The lowest BCUT2D eigenvalue weighted by Crippen LogP contribution is -2.31. The van der Waals surface area contributed by atoms with Crippen molar-refractivity contribution < 1.29 is 19.1 Å². The fourth-order valence-electron chi connectivity index (χ4n) is 3.11. The van der Waals surface area contributed by atoms with E-state index in [0.717, 1.165) is 18.5 Å². The molecule has 0 N–H and O–H groups in total. The molecule has 0 aliphatic carbocycles. The van der Waals surface area contributed by atoms with E-state index < -0.39 is 0 Å². The van der Waals surface area contributed by atoms with E-state index in [4.69, 9.17) is 4.74 Å². The van der Waals surface area contributed by atoms with Gasteiger partial charge in [0.05, 0.1) is 29.1 Å². The number of carbonyl (C=O) groups excluding carboxylic acids is 3. The third kappa shape index (κ3) is 4.07. The summed E-state index contributed by atoms with van der Waals surface area (Å²) in [4.78, 5) is 42.1. The predicted octanol–water partition coefficient (Wildman–Crippen LogP) is 2.66. The fraction of sp³-hybridized carbons (Fsp3) is 0.400. The number of amides is 2. The Morgan fingerprint density at radius 3 is 2.48 bits per heavy atom. The second-order valence-corrected chi connectivity index (χ2v) is 6.72. The van der Waals surface area contributed by atoms with Gasteiger partial charge in [0.15, 0.2) is 6.73 Å². The summed E-state index contributed by atoms with van der Waals surface area (Å²) in [6, 6.07) is 6.83. The van der Waals surface area contributed by atoms with Crippen LogP contribution >= 0.6 is 0 Å². The molecule has 0 radical (unpaired) electrons. The molecule has 2 aromatic rings. The minimum atomic E-state index is -0.270. The topological polar surface area (TPSA) is 81.5 Å². The molecule has 7 heteroatoms. The second-order valence-electron chi connectivity index (χ2n) is 6.72. The highest BCUT2D eigenvalue weighted by molar-refractivity contribution is 6.21. The summed E-state index contributed by atoms with van der Waals surface area (Å²) in [7, 11) is 0. The van der Waals surface area contributed by atoms with Crippen molar-refractivity contribution in [3.8, 4) is 0 Å². The summed E-state index contributed by atoms with van der Waals surface area (Å²) in [6.45, 7) is 4.25. The molecule has 27 heavy (non-hydrogen) atoms.